The lowest BCUT2D eigenvalue weighted by atomic mass is 10.1. The van der Waals surface area contributed by atoms with Crippen molar-refractivity contribution in [3.8, 4) is 11.5 Å². The van der Waals surface area contributed by atoms with Gasteiger partial charge in [-0.3, -0.25) is 0 Å². The zero-order chi connectivity index (χ0) is 15.2. The molecule has 0 radical (unpaired) electrons. The predicted octanol–water partition coefficient (Wildman–Crippen LogP) is 2.44. The summed E-state index contributed by atoms with van der Waals surface area (Å²) in [6, 6.07) is 5.52. The summed E-state index contributed by atoms with van der Waals surface area (Å²) in [6.07, 6.45) is 0. The number of aliphatic carboxylic acids is 1. The number of hydrogen-bond acceptors (Lipinski definition) is 4. The molecule has 0 aliphatic carbocycles. The molecule has 1 rings (SSSR count). The van der Waals surface area contributed by atoms with Crippen molar-refractivity contribution in [2.24, 2.45) is 0 Å². The van der Waals surface area contributed by atoms with Gasteiger partial charge in [-0.05, 0) is 45.4 Å². The van der Waals surface area contributed by atoms with E-state index in [0.29, 0.717) is 24.7 Å². The van der Waals surface area contributed by atoms with Gasteiger partial charge in [-0.25, -0.2) is 4.79 Å². The molecule has 0 heterocycles. The Balaban J connectivity index is 2.80. The summed E-state index contributed by atoms with van der Waals surface area (Å²) in [5.74, 6) is 0.0154. The van der Waals surface area contributed by atoms with Crippen molar-refractivity contribution in [1.82, 2.24) is 5.32 Å². The normalized spacial score (nSPS) is 11.2. The fraction of sp³-hybridized carbons (Fsp3) is 0.533. The van der Waals surface area contributed by atoms with Gasteiger partial charge in [-0.1, -0.05) is 6.07 Å². The number of benzene rings is 1. The molecule has 0 atom stereocenters. The fourth-order valence-corrected chi connectivity index (χ4v) is 1.56. The van der Waals surface area contributed by atoms with Gasteiger partial charge in [0.15, 0.2) is 18.1 Å². The van der Waals surface area contributed by atoms with Crippen molar-refractivity contribution in [1.29, 1.82) is 0 Å². The largest absolute Gasteiger partial charge is 0.490 e. The fourth-order valence-electron chi connectivity index (χ4n) is 1.56. The molecule has 20 heavy (non-hydrogen) atoms. The Labute approximate surface area is 119 Å². The molecule has 1 aromatic rings. The van der Waals surface area contributed by atoms with E-state index in [4.69, 9.17) is 14.6 Å². The summed E-state index contributed by atoms with van der Waals surface area (Å²) >= 11 is 0. The highest BCUT2D eigenvalue weighted by Gasteiger charge is 2.11. The number of carboxylic acid groups (broad SMARTS) is 1. The van der Waals surface area contributed by atoms with Gasteiger partial charge in [0.25, 0.3) is 0 Å². The maximum Gasteiger partial charge on any atom is 0.341 e. The molecule has 0 aromatic heterocycles. The van der Waals surface area contributed by atoms with E-state index in [1.807, 2.05) is 19.1 Å². The van der Waals surface area contributed by atoms with Gasteiger partial charge in [0.1, 0.15) is 0 Å². The Morgan fingerprint density at radius 1 is 1.25 bits per heavy atom. The molecule has 0 saturated carbocycles. The highest BCUT2D eigenvalue weighted by atomic mass is 16.5. The van der Waals surface area contributed by atoms with Crippen LogP contribution in [0.25, 0.3) is 0 Å². The second kappa shape index (κ2) is 7.14. The minimum atomic E-state index is -1.01. The zero-order valence-corrected chi connectivity index (χ0v) is 12.5. The predicted molar refractivity (Wildman–Crippen MR) is 77.3 cm³/mol. The van der Waals surface area contributed by atoms with Crippen molar-refractivity contribution in [3.63, 3.8) is 0 Å². The first kappa shape index (κ1) is 16.3. The van der Waals surface area contributed by atoms with Crippen LogP contribution < -0.4 is 14.8 Å². The third-order valence-electron chi connectivity index (χ3n) is 2.48. The monoisotopic (exact) mass is 281 g/mol. The van der Waals surface area contributed by atoms with Crippen molar-refractivity contribution in [3.05, 3.63) is 23.8 Å². The van der Waals surface area contributed by atoms with Gasteiger partial charge in [0, 0.05) is 12.1 Å². The van der Waals surface area contributed by atoms with Gasteiger partial charge >= 0.3 is 5.97 Å². The Kier molecular flexibility index (Phi) is 5.82. The molecule has 0 bridgehead atoms. The van der Waals surface area contributed by atoms with Crippen molar-refractivity contribution in [2.45, 2.75) is 39.8 Å². The lowest BCUT2D eigenvalue weighted by molar-refractivity contribution is -0.139. The molecule has 0 spiro atoms. The van der Waals surface area contributed by atoms with E-state index in [2.05, 4.69) is 26.1 Å². The van der Waals surface area contributed by atoms with Gasteiger partial charge in [-0.2, -0.15) is 0 Å². The van der Waals surface area contributed by atoms with Crippen molar-refractivity contribution in [2.75, 3.05) is 13.2 Å². The van der Waals surface area contributed by atoms with Crippen molar-refractivity contribution >= 4 is 5.97 Å². The highest BCUT2D eigenvalue weighted by molar-refractivity contribution is 5.68. The van der Waals surface area contributed by atoms with Crippen LogP contribution in [0.5, 0.6) is 11.5 Å². The molecular weight excluding hydrogens is 258 g/mol. The summed E-state index contributed by atoms with van der Waals surface area (Å²) < 4.78 is 10.7. The van der Waals surface area contributed by atoms with Gasteiger partial charge in [-0.15, -0.1) is 0 Å². The number of hydrogen-bond donors (Lipinski definition) is 2. The van der Waals surface area contributed by atoms with Crippen LogP contribution in [0.4, 0.5) is 0 Å². The Bertz CT molecular complexity index is 452. The quantitative estimate of drug-likeness (QED) is 0.803. The molecule has 0 aliphatic rings. The van der Waals surface area contributed by atoms with Gasteiger partial charge < -0.3 is 19.9 Å². The standard InChI is InChI=1S/C15H23NO4/c1-5-19-13-8-11(9-16-15(2,3)4)6-7-12(13)20-10-14(17)18/h6-8,16H,5,9-10H2,1-4H3,(H,17,18). The third-order valence-corrected chi connectivity index (χ3v) is 2.48. The maximum atomic E-state index is 10.5. The smallest absolute Gasteiger partial charge is 0.341 e. The lowest BCUT2D eigenvalue weighted by Gasteiger charge is -2.21. The second-order valence-corrected chi connectivity index (χ2v) is 5.50. The van der Waals surface area contributed by atoms with Crippen LogP contribution in [-0.2, 0) is 11.3 Å². The van der Waals surface area contributed by atoms with E-state index in [-0.39, 0.29) is 12.1 Å². The molecule has 1 aromatic carbocycles. The third kappa shape index (κ3) is 5.93. The second-order valence-electron chi connectivity index (χ2n) is 5.50. The molecule has 2 N–H and O–H groups in total. The minimum absolute atomic E-state index is 0.0320. The first-order valence-corrected chi connectivity index (χ1v) is 6.67. The van der Waals surface area contributed by atoms with E-state index >= 15 is 0 Å². The van der Waals surface area contributed by atoms with Crippen LogP contribution in [0.15, 0.2) is 18.2 Å². The summed E-state index contributed by atoms with van der Waals surface area (Å²) in [4.78, 5) is 10.5. The van der Waals surface area contributed by atoms with Crippen LogP contribution in [-0.4, -0.2) is 29.8 Å². The minimum Gasteiger partial charge on any atom is -0.490 e. The van der Waals surface area contributed by atoms with E-state index in [1.54, 1.807) is 6.07 Å². The summed E-state index contributed by atoms with van der Waals surface area (Å²) in [5.41, 5.74) is 1.09. The first-order chi connectivity index (χ1) is 9.31. The average Bonchev–Trinajstić information content (AvgIpc) is 2.34. The summed E-state index contributed by atoms with van der Waals surface area (Å²) in [6.45, 7) is 9.01. The number of ether oxygens (including phenoxy) is 2. The van der Waals surface area contributed by atoms with E-state index < -0.39 is 5.97 Å². The first-order valence-electron chi connectivity index (χ1n) is 6.67. The molecule has 0 aliphatic heterocycles. The van der Waals surface area contributed by atoms with Crippen LogP contribution in [0.2, 0.25) is 0 Å². The Morgan fingerprint density at radius 3 is 2.50 bits per heavy atom. The molecule has 5 nitrogen and oxygen atoms in total. The summed E-state index contributed by atoms with van der Waals surface area (Å²) in [7, 11) is 0. The average molecular weight is 281 g/mol. The Morgan fingerprint density at radius 2 is 1.95 bits per heavy atom. The maximum absolute atomic E-state index is 10.5. The Hall–Kier alpha value is -1.75. The van der Waals surface area contributed by atoms with Gasteiger partial charge in [0.05, 0.1) is 6.61 Å². The molecular formula is C15H23NO4. The van der Waals surface area contributed by atoms with Crippen LogP contribution >= 0.6 is 0 Å². The van der Waals surface area contributed by atoms with Gasteiger partial charge in [0.2, 0.25) is 0 Å². The SMILES string of the molecule is CCOc1cc(CNC(C)(C)C)ccc1OCC(=O)O. The number of carboxylic acids is 1. The van der Waals surface area contributed by atoms with E-state index in [0.717, 1.165) is 5.56 Å². The molecule has 0 fully saturated rings. The number of nitrogens with one attached hydrogen (secondary N) is 1. The molecule has 112 valence electrons. The number of rotatable bonds is 7. The highest BCUT2D eigenvalue weighted by Crippen LogP contribution is 2.28. The molecule has 0 unspecified atom stereocenters. The van der Waals surface area contributed by atoms with Crippen molar-refractivity contribution < 1.29 is 19.4 Å². The zero-order valence-electron chi connectivity index (χ0n) is 12.5. The molecule has 0 saturated heterocycles. The lowest BCUT2D eigenvalue weighted by Crippen LogP contribution is -2.35. The van der Waals surface area contributed by atoms with Crippen LogP contribution in [0.3, 0.4) is 0 Å². The summed E-state index contributed by atoms with van der Waals surface area (Å²) in [5, 5.41) is 12.0. The van der Waals surface area contributed by atoms with E-state index in [9.17, 15) is 4.79 Å². The topological polar surface area (TPSA) is 67.8 Å². The molecule has 5 heteroatoms. The molecule has 0 amide bonds. The van der Waals surface area contributed by atoms with Crippen LogP contribution in [0.1, 0.15) is 33.3 Å². The number of carbonyl (C=O) groups is 1. The van der Waals surface area contributed by atoms with E-state index in [1.165, 1.54) is 0 Å². The van der Waals surface area contributed by atoms with Crippen LogP contribution in [0, 0.1) is 0 Å².